The maximum absolute atomic E-state index is 12.4. The van der Waals surface area contributed by atoms with Gasteiger partial charge in [0.25, 0.3) is 0 Å². The van der Waals surface area contributed by atoms with Crippen LogP contribution in [-0.4, -0.2) is 90.7 Å². The van der Waals surface area contributed by atoms with Crippen LogP contribution in [0.25, 0.3) is 0 Å². The van der Waals surface area contributed by atoms with Crippen LogP contribution in [0.4, 0.5) is 0 Å². The van der Waals surface area contributed by atoms with Gasteiger partial charge in [0, 0.05) is 52.4 Å². The van der Waals surface area contributed by atoms with Gasteiger partial charge >= 0.3 is 0 Å². The van der Waals surface area contributed by atoms with Crippen LogP contribution < -0.4 is 5.32 Å². The molecule has 3 rings (SSSR count). The average Bonchev–Trinajstić information content (AvgIpc) is 3.07. The van der Waals surface area contributed by atoms with Crippen LogP contribution in [0.3, 0.4) is 0 Å². The summed E-state index contributed by atoms with van der Waals surface area (Å²) in [6.07, 6.45) is 0.166. The molecule has 0 saturated carbocycles. The van der Waals surface area contributed by atoms with E-state index in [-0.39, 0.29) is 42.9 Å². The second-order valence-corrected chi connectivity index (χ2v) is 7.24. The number of hydrogen-bond donors (Lipinski definition) is 2. The fraction of sp³-hybridized carbons (Fsp3) is 0.632. The molecule has 27 heavy (non-hydrogen) atoms. The van der Waals surface area contributed by atoms with Crippen molar-refractivity contribution in [1.29, 1.82) is 0 Å². The number of aliphatic hydroxyl groups is 1. The van der Waals surface area contributed by atoms with Crippen LogP contribution in [0, 0.1) is 0 Å². The van der Waals surface area contributed by atoms with Crippen LogP contribution in [-0.2, 0) is 11.3 Å². The average molecular weight is 419 g/mol. The predicted molar refractivity (Wildman–Crippen MR) is 113 cm³/mol. The third-order valence-electron chi connectivity index (χ3n) is 5.18. The summed E-state index contributed by atoms with van der Waals surface area (Å²) in [5.74, 6) is 0.150. The fourth-order valence-electron chi connectivity index (χ4n) is 3.60. The lowest BCUT2D eigenvalue weighted by molar-refractivity contribution is -0.135. The van der Waals surface area contributed by atoms with Gasteiger partial charge in [-0.25, -0.2) is 0 Å². The molecule has 0 radical (unpaired) electrons. The molecule has 1 aromatic rings. The summed E-state index contributed by atoms with van der Waals surface area (Å²) in [6, 6.07) is 10.3. The van der Waals surface area contributed by atoms with E-state index in [0.29, 0.717) is 13.0 Å². The van der Waals surface area contributed by atoms with Crippen molar-refractivity contribution in [2.24, 2.45) is 0 Å². The summed E-state index contributed by atoms with van der Waals surface area (Å²) in [4.78, 5) is 19.2. The number of likely N-dealkylation sites (N-methyl/N-ethyl adjacent to an activating group) is 1. The lowest BCUT2D eigenvalue weighted by Crippen LogP contribution is -2.53. The number of aliphatic hydroxyl groups excluding tert-OH is 1. The Morgan fingerprint density at radius 1 is 1.19 bits per heavy atom. The van der Waals surface area contributed by atoms with E-state index < -0.39 is 0 Å². The molecule has 2 aliphatic rings. The Kier molecular flexibility index (Phi) is 10.6. The molecular weight excluding hydrogens is 387 g/mol. The van der Waals surface area contributed by atoms with Crippen LogP contribution >= 0.6 is 24.8 Å². The van der Waals surface area contributed by atoms with Crippen LogP contribution in [0.1, 0.15) is 12.0 Å². The monoisotopic (exact) mass is 418 g/mol. The third kappa shape index (κ3) is 7.22. The molecule has 2 atom stereocenters. The number of β-amino-alcohol motifs (C(OH)–C–C–N with tert-alkyl or cyclic N) is 1. The molecule has 1 amide bonds. The summed E-state index contributed by atoms with van der Waals surface area (Å²) in [5, 5.41) is 12.7. The van der Waals surface area contributed by atoms with E-state index in [2.05, 4.69) is 46.4 Å². The van der Waals surface area contributed by atoms with Gasteiger partial charge in [-0.05, 0) is 19.0 Å². The zero-order chi connectivity index (χ0) is 17.6. The van der Waals surface area contributed by atoms with Gasteiger partial charge in [0.2, 0.25) is 5.91 Å². The minimum Gasteiger partial charge on any atom is -0.392 e. The van der Waals surface area contributed by atoms with Crippen molar-refractivity contribution in [2.75, 3.05) is 52.9 Å². The SMILES string of the molecule is CN(CCN1CCN(C(=O)C2CC(O)CN2)CC1)Cc1ccccc1.Cl.Cl. The normalized spacial score (nSPS) is 23.0. The Morgan fingerprint density at radius 2 is 1.85 bits per heavy atom. The summed E-state index contributed by atoms with van der Waals surface area (Å²) in [6.45, 7) is 7.00. The summed E-state index contributed by atoms with van der Waals surface area (Å²) >= 11 is 0. The quantitative estimate of drug-likeness (QED) is 0.716. The molecule has 0 bridgehead atoms. The summed E-state index contributed by atoms with van der Waals surface area (Å²) in [5.41, 5.74) is 1.34. The number of amides is 1. The Labute approximate surface area is 174 Å². The minimum atomic E-state index is -0.379. The summed E-state index contributed by atoms with van der Waals surface area (Å²) < 4.78 is 0. The highest BCUT2D eigenvalue weighted by Gasteiger charge is 2.32. The van der Waals surface area contributed by atoms with E-state index in [0.717, 1.165) is 45.8 Å². The van der Waals surface area contributed by atoms with Gasteiger partial charge in [-0.3, -0.25) is 9.69 Å². The van der Waals surface area contributed by atoms with Gasteiger partial charge in [-0.1, -0.05) is 30.3 Å². The molecule has 0 aromatic heterocycles. The molecule has 2 aliphatic heterocycles. The van der Waals surface area contributed by atoms with Crippen LogP contribution in [0.15, 0.2) is 30.3 Å². The number of rotatable bonds is 6. The van der Waals surface area contributed by atoms with E-state index in [1.54, 1.807) is 0 Å². The number of piperazine rings is 1. The molecule has 8 heteroatoms. The first-order chi connectivity index (χ1) is 12.1. The Hall–Kier alpha value is -0.890. The van der Waals surface area contributed by atoms with E-state index in [9.17, 15) is 9.90 Å². The van der Waals surface area contributed by atoms with Crippen LogP contribution in [0.2, 0.25) is 0 Å². The predicted octanol–water partition coefficient (Wildman–Crippen LogP) is 0.829. The van der Waals surface area contributed by atoms with E-state index >= 15 is 0 Å². The lowest BCUT2D eigenvalue weighted by atomic mass is 10.1. The lowest BCUT2D eigenvalue weighted by Gasteiger charge is -2.36. The first-order valence-corrected chi connectivity index (χ1v) is 9.27. The largest absolute Gasteiger partial charge is 0.392 e. The van der Waals surface area contributed by atoms with Crippen molar-refractivity contribution in [3.05, 3.63) is 35.9 Å². The van der Waals surface area contributed by atoms with Crippen molar-refractivity contribution >= 4 is 30.7 Å². The Morgan fingerprint density at radius 3 is 2.44 bits per heavy atom. The molecule has 2 N–H and O–H groups in total. The molecule has 0 spiro atoms. The first-order valence-electron chi connectivity index (χ1n) is 9.27. The number of carbonyl (C=O) groups is 1. The molecule has 6 nitrogen and oxygen atoms in total. The Bertz CT molecular complexity index is 556. The molecule has 154 valence electrons. The second kappa shape index (κ2) is 11.8. The van der Waals surface area contributed by atoms with E-state index in [1.165, 1.54) is 5.56 Å². The highest BCUT2D eigenvalue weighted by atomic mass is 35.5. The Balaban J connectivity index is 0.00000182. The van der Waals surface area contributed by atoms with Crippen molar-refractivity contribution in [3.63, 3.8) is 0 Å². The molecule has 1 aromatic carbocycles. The molecule has 2 heterocycles. The summed E-state index contributed by atoms with van der Waals surface area (Å²) in [7, 11) is 2.16. The molecule has 2 unspecified atom stereocenters. The molecular formula is C19H32Cl2N4O2. The zero-order valence-corrected chi connectivity index (χ0v) is 17.6. The first kappa shape index (κ1) is 24.1. The number of hydrogen-bond acceptors (Lipinski definition) is 5. The number of benzene rings is 1. The van der Waals surface area contributed by atoms with Crippen LogP contribution in [0.5, 0.6) is 0 Å². The van der Waals surface area contributed by atoms with Gasteiger partial charge in [0.05, 0.1) is 12.1 Å². The number of nitrogens with one attached hydrogen (secondary N) is 1. The highest BCUT2D eigenvalue weighted by Crippen LogP contribution is 2.12. The smallest absolute Gasteiger partial charge is 0.239 e. The van der Waals surface area contributed by atoms with Crippen molar-refractivity contribution < 1.29 is 9.90 Å². The number of nitrogens with zero attached hydrogens (tertiary/aromatic N) is 3. The molecule has 0 aliphatic carbocycles. The highest BCUT2D eigenvalue weighted by molar-refractivity contribution is 5.85. The number of carbonyl (C=O) groups excluding carboxylic acids is 1. The maximum Gasteiger partial charge on any atom is 0.239 e. The second-order valence-electron chi connectivity index (χ2n) is 7.24. The van der Waals surface area contributed by atoms with Gasteiger partial charge in [-0.15, -0.1) is 24.8 Å². The van der Waals surface area contributed by atoms with Crippen molar-refractivity contribution in [3.8, 4) is 0 Å². The molecule has 2 saturated heterocycles. The number of halogens is 2. The fourth-order valence-corrected chi connectivity index (χ4v) is 3.60. The van der Waals surface area contributed by atoms with E-state index in [1.807, 2.05) is 11.0 Å². The van der Waals surface area contributed by atoms with Gasteiger partial charge in [0.15, 0.2) is 0 Å². The van der Waals surface area contributed by atoms with E-state index in [4.69, 9.17) is 0 Å². The standard InChI is InChI=1S/C19H30N4O2.2ClH/c1-21(15-16-5-3-2-4-6-16)7-8-22-9-11-23(12-10-22)19(25)18-13-17(24)14-20-18;;/h2-6,17-18,20,24H,7-15H2,1H3;2*1H. The van der Waals surface area contributed by atoms with Gasteiger partial charge < -0.3 is 20.2 Å². The third-order valence-corrected chi connectivity index (χ3v) is 5.18. The van der Waals surface area contributed by atoms with Crippen molar-refractivity contribution in [1.82, 2.24) is 20.0 Å². The van der Waals surface area contributed by atoms with Crippen molar-refractivity contribution in [2.45, 2.75) is 25.1 Å². The topological polar surface area (TPSA) is 59.0 Å². The van der Waals surface area contributed by atoms with Gasteiger partial charge in [-0.2, -0.15) is 0 Å². The molecule has 2 fully saturated rings. The zero-order valence-electron chi connectivity index (χ0n) is 15.9. The minimum absolute atomic E-state index is 0. The maximum atomic E-state index is 12.4. The van der Waals surface area contributed by atoms with Gasteiger partial charge in [0.1, 0.15) is 0 Å².